The van der Waals surface area contributed by atoms with Crippen LogP contribution in [-0.2, 0) is 17.6 Å². The predicted molar refractivity (Wildman–Crippen MR) is 99.1 cm³/mol. The molecular weight excluding hydrogens is 352 g/mol. The van der Waals surface area contributed by atoms with Crippen LogP contribution in [0.3, 0.4) is 0 Å². The van der Waals surface area contributed by atoms with Gasteiger partial charge in [0.15, 0.2) is 0 Å². The summed E-state index contributed by atoms with van der Waals surface area (Å²) >= 11 is 5.96. The van der Waals surface area contributed by atoms with Crippen LogP contribution in [0, 0.1) is 0 Å². The van der Waals surface area contributed by atoms with Crippen LogP contribution in [0.5, 0.6) is 0 Å². The van der Waals surface area contributed by atoms with Gasteiger partial charge < -0.3 is 15.4 Å². The summed E-state index contributed by atoms with van der Waals surface area (Å²) in [7, 11) is 0. The summed E-state index contributed by atoms with van der Waals surface area (Å²) < 4.78 is 5.86. The molecule has 136 valence electrons. The number of halogens is 1. The Morgan fingerprint density at radius 1 is 1.19 bits per heavy atom. The van der Waals surface area contributed by atoms with E-state index in [0.29, 0.717) is 30.4 Å². The maximum absolute atomic E-state index is 13.2. The molecule has 6 nitrogen and oxygen atoms in total. The molecule has 26 heavy (non-hydrogen) atoms. The Labute approximate surface area is 157 Å². The fourth-order valence-electron chi connectivity index (χ4n) is 3.65. The second-order valence-electron chi connectivity index (χ2n) is 6.72. The van der Waals surface area contributed by atoms with Crippen molar-refractivity contribution in [3.8, 4) is 0 Å². The minimum absolute atomic E-state index is 0.0838. The van der Waals surface area contributed by atoms with E-state index in [1.807, 2.05) is 24.3 Å². The number of nitrogens with zero attached hydrogens (tertiary/aromatic N) is 3. The van der Waals surface area contributed by atoms with Gasteiger partial charge in [-0.25, -0.2) is 9.97 Å². The maximum Gasteiger partial charge on any atom is 0.273 e. The van der Waals surface area contributed by atoms with E-state index in [9.17, 15) is 4.79 Å². The highest BCUT2D eigenvalue weighted by molar-refractivity contribution is 6.30. The van der Waals surface area contributed by atoms with E-state index in [4.69, 9.17) is 22.1 Å². The highest BCUT2D eigenvalue weighted by Crippen LogP contribution is 2.27. The molecule has 0 radical (unpaired) electrons. The van der Waals surface area contributed by atoms with Crippen molar-refractivity contribution in [2.45, 2.75) is 31.8 Å². The third-order valence-electron chi connectivity index (χ3n) is 5.00. The maximum atomic E-state index is 13.2. The van der Waals surface area contributed by atoms with E-state index >= 15 is 0 Å². The van der Waals surface area contributed by atoms with Gasteiger partial charge in [-0.1, -0.05) is 23.7 Å². The van der Waals surface area contributed by atoms with Crippen LogP contribution in [0.15, 0.2) is 24.3 Å². The number of aryl methyl sites for hydroxylation is 1. The van der Waals surface area contributed by atoms with Gasteiger partial charge in [-0.3, -0.25) is 4.79 Å². The Balaban J connectivity index is 1.58. The van der Waals surface area contributed by atoms with Gasteiger partial charge in [-0.2, -0.15) is 0 Å². The molecule has 4 rings (SSSR count). The standard InChI is InChI=1S/C19H21ClN4O2/c20-13-7-5-12(6-8-13)16-11-24(9-10-26-16)18(25)17-14-3-1-2-4-15(14)22-19(21)23-17/h5-8,16H,1-4,9-11H2,(H2,21,22,23). The van der Waals surface area contributed by atoms with E-state index in [-0.39, 0.29) is 18.0 Å². The molecule has 1 amide bonds. The Hall–Kier alpha value is -2.18. The van der Waals surface area contributed by atoms with Gasteiger partial charge in [0, 0.05) is 22.8 Å². The van der Waals surface area contributed by atoms with Gasteiger partial charge in [0.2, 0.25) is 5.95 Å². The fraction of sp³-hybridized carbons (Fsp3) is 0.421. The van der Waals surface area contributed by atoms with Crippen molar-refractivity contribution in [1.29, 1.82) is 0 Å². The number of nitrogen functional groups attached to an aromatic ring is 1. The summed E-state index contributed by atoms with van der Waals surface area (Å²) in [5.74, 6) is 0.0935. The number of carbonyl (C=O) groups is 1. The van der Waals surface area contributed by atoms with Crippen LogP contribution >= 0.6 is 11.6 Å². The zero-order valence-corrected chi connectivity index (χ0v) is 15.2. The lowest BCUT2D eigenvalue weighted by atomic mass is 9.94. The Morgan fingerprint density at radius 2 is 1.96 bits per heavy atom. The van der Waals surface area contributed by atoms with Gasteiger partial charge in [0.1, 0.15) is 11.8 Å². The highest BCUT2D eigenvalue weighted by atomic mass is 35.5. The number of hydrogen-bond acceptors (Lipinski definition) is 5. The number of benzene rings is 1. The lowest BCUT2D eigenvalue weighted by Gasteiger charge is -2.33. The Kier molecular flexibility index (Phi) is 4.78. The van der Waals surface area contributed by atoms with Crippen molar-refractivity contribution >= 4 is 23.5 Å². The van der Waals surface area contributed by atoms with Crippen LogP contribution in [0.2, 0.25) is 5.02 Å². The van der Waals surface area contributed by atoms with E-state index in [2.05, 4.69) is 9.97 Å². The molecule has 1 saturated heterocycles. The zero-order chi connectivity index (χ0) is 18.1. The number of morpholine rings is 1. The molecule has 1 aromatic heterocycles. The quantitative estimate of drug-likeness (QED) is 0.876. The number of carbonyl (C=O) groups excluding carboxylic acids is 1. The number of anilines is 1. The molecule has 1 atom stereocenters. The van der Waals surface area contributed by atoms with Crippen LogP contribution in [0.25, 0.3) is 0 Å². The van der Waals surface area contributed by atoms with Crippen LogP contribution in [0.1, 0.15) is 46.3 Å². The monoisotopic (exact) mass is 372 g/mol. The average molecular weight is 373 g/mol. The SMILES string of the molecule is Nc1nc2c(c(C(=O)N3CCOC(c4ccc(Cl)cc4)C3)n1)CCCC2. The first-order valence-electron chi connectivity index (χ1n) is 8.93. The molecule has 2 heterocycles. The molecule has 1 aliphatic carbocycles. The molecule has 1 aromatic carbocycles. The minimum Gasteiger partial charge on any atom is -0.370 e. The van der Waals surface area contributed by atoms with Gasteiger partial charge in [0.05, 0.1) is 13.2 Å². The van der Waals surface area contributed by atoms with Crippen molar-refractivity contribution in [2.24, 2.45) is 0 Å². The Bertz CT molecular complexity index is 825. The Morgan fingerprint density at radius 3 is 2.77 bits per heavy atom. The molecule has 2 aromatic rings. The van der Waals surface area contributed by atoms with Crippen molar-refractivity contribution < 1.29 is 9.53 Å². The number of rotatable bonds is 2. The van der Waals surface area contributed by atoms with Gasteiger partial charge in [-0.05, 0) is 43.4 Å². The molecule has 0 spiro atoms. The number of fused-ring (bicyclic) bond motifs is 1. The molecule has 0 bridgehead atoms. The summed E-state index contributed by atoms with van der Waals surface area (Å²) in [6, 6.07) is 7.54. The minimum atomic E-state index is -0.167. The molecule has 0 saturated carbocycles. The zero-order valence-electron chi connectivity index (χ0n) is 14.4. The highest BCUT2D eigenvalue weighted by Gasteiger charge is 2.30. The van der Waals surface area contributed by atoms with Crippen molar-refractivity contribution in [2.75, 3.05) is 25.4 Å². The third-order valence-corrected chi connectivity index (χ3v) is 5.25. The van der Waals surface area contributed by atoms with Crippen LogP contribution in [0.4, 0.5) is 5.95 Å². The second kappa shape index (κ2) is 7.21. The lowest BCUT2D eigenvalue weighted by Crippen LogP contribution is -2.43. The first-order chi connectivity index (χ1) is 12.6. The van der Waals surface area contributed by atoms with Crippen molar-refractivity contribution in [1.82, 2.24) is 14.9 Å². The first kappa shape index (κ1) is 17.2. The van der Waals surface area contributed by atoms with Gasteiger partial charge >= 0.3 is 0 Å². The van der Waals surface area contributed by atoms with E-state index in [0.717, 1.165) is 42.5 Å². The molecule has 1 fully saturated rings. The second-order valence-corrected chi connectivity index (χ2v) is 7.16. The molecule has 2 aliphatic rings. The number of ether oxygens (including phenoxy) is 1. The van der Waals surface area contributed by atoms with Crippen LogP contribution in [-0.4, -0.2) is 40.5 Å². The van der Waals surface area contributed by atoms with E-state index in [1.165, 1.54) is 0 Å². The summed E-state index contributed by atoms with van der Waals surface area (Å²) in [6.45, 7) is 1.52. The number of amides is 1. The number of hydrogen-bond donors (Lipinski definition) is 1. The number of aromatic nitrogens is 2. The van der Waals surface area contributed by atoms with Crippen LogP contribution < -0.4 is 5.73 Å². The largest absolute Gasteiger partial charge is 0.370 e. The lowest BCUT2D eigenvalue weighted by molar-refractivity contribution is -0.0230. The summed E-state index contributed by atoms with van der Waals surface area (Å²) in [6.07, 6.45) is 3.66. The predicted octanol–water partition coefficient (Wildman–Crippen LogP) is 2.80. The third kappa shape index (κ3) is 3.39. The number of nitrogens with two attached hydrogens (primary N) is 1. The fourth-order valence-corrected chi connectivity index (χ4v) is 3.78. The summed E-state index contributed by atoms with van der Waals surface area (Å²) in [4.78, 5) is 23.6. The average Bonchev–Trinajstić information content (AvgIpc) is 2.67. The molecule has 1 aliphatic heterocycles. The topological polar surface area (TPSA) is 81.3 Å². The normalized spacial score (nSPS) is 19.9. The summed E-state index contributed by atoms with van der Waals surface area (Å²) in [5.41, 5.74) is 9.21. The van der Waals surface area contributed by atoms with E-state index < -0.39 is 0 Å². The molecule has 2 N–H and O–H groups in total. The summed E-state index contributed by atoms with van der Waals surface area (Å²) in [5, 5.41) is 0.681. The van der Waals surface area contributed by atoms with Crippen molar-refractivity contribution in [3.63, 3.8) is 0 Å². The smallest absolute Gasteiger partial charge is 0.273 e. The first-order valence-corrected chi connectivity index (χ1v) is 9.31. The van der Waals surface area contributed by atoms with Gasteiger partial charge in [-0.15, -0.1) is 0 Å². The molecular formula is C19H21ClN4O2. The van der Waals surface area contributed by atoms with E-state index in [1.54, 1.807) is 4.90 Å². The molecule has 1 unspecified atom stereocenters. The molecule has 7 heteroatoms. The van der Waals surface area contributed by atoms with Crippen molar-refractivity contribution in [3.05, 3.63) is 51.8 Å². The van der Waals surface area contributed by atoms with Gasteiger partial charge in [0.25, 0.3) is 5.91 Å².